The molecule has 1 amide bonds. The fraction of sp³-hybridized carbons (Fsp3) is 0.0588. The van der Waals surface area contributed by atoms with Crippen molar-refractivity contribution in [3.63, 3.8) is 0 Å². The number of carbonyl (C=O) groups excluding carboxylic acids is 1. The Kier molecular flexibility index (Phi) is 3.70. The molecule has 3 aromatic heterocycles. The van der Waals surface area contributed by atoms with Gasteiger partial charge in [-0.15, -0.1) is 0 Å². The van der Waals surface area contributed by atoms with E-state index < -0.39 is 0 Å². The van der Waals surface area contributed by atoms with Gasteiger partial charge in [0.15, 0.2) is 0 Å². The topological polar surface area (TPSA) is 85.8 Å². The Morgan fingerprint density at radius 3 is 2.84 bits per heavy atom. The van der Waals surface area contributed by atoms with Crippen LogP contribution in [0.3, 0.4) is 0 Å². The number of pyridine rings is 1. The fourth-order valence-electron chi connectivity index (χ4n) is 2.39. The van der Waals surface area contributed by atoms with E-state index in [1.54, 1.807) is 29.1 Å². The van der Waals surface area contributed by atoms with Gasteiger partial charge in [-0.3, -0.25) is 4.79 Å². The lowest BCUT2D eigenvalue weighted by Gasteiger charge is -2.03. The van der Waals surface area contributed by atoms with Crippen LogP contribution in [0.1, 0.15) is 16.1 Å². The Hall–Kier alpha value is -3.19. The Labute approximate surface area is 147 Å². The summed E-state index contributed by atoms with van der Waals surface area (Å²) in [5, 5.41) is 12.2. The average Bonchev–Trinajstić information content (AvgIpc) is 3.24. The maximum atomic E-state index is 12.4. The van der Waals surface area contributed by atoms with Gasteiger partial charge in [0.25, 0.3) is 11.6 Å². The van der Waals surface area contributed by atoms with Crippen LogP contribution in [0.15, 0.2) is 53.4 Å². The number of nitrogens with zero attached hydrogens (tertiary/aromatic N) is 4. The van der Waals surface area contributed by atoms with E-state index in [2.05, 4.69) is 20.6 Å². The molecule has 4 rings (SSSR count). The van der Waals surface area contributed by atoms with Crippen LogP contribution < -0.4 is 5.32 Å². The first kappa shape index (κ1) is 15.3. The highest BCUT2D eigenvalue weighted by Crippen LogP contribution is 2.20. The maximum Gasteiger partial charge on any atom is 0.258 e. The molecule has 0 saturated carbocycles. The number of aromatic nitrogens is 4. The number of benzene rings is 1. The van der Waals surface area contributed by atoms with Crippen LogP contribution in [-0.2, 0) is 0 Å². The fourth-order valence-corrected chi connectivity index (χ4v) is 2.52. The van der Waals surface area contributed by atoms with Gasteiger partial charge in [-0.05, 0) is 37.3 Å². The SMILES string of the molecule is Cc1noc2ncc(NC(=O)c3cnn(-c4ccc(Cl)cc4)c3)cc12. The maximum absolute atomic E-state index is 12.4. The molecule has 0 saturated heterocycles. The average molecular weight is 354 g/mol. The molecule has 1 aromatic carbocycles. The van der Waals surface area contributed by atoms with Crippen molar-refractivity contribution in [3.05, 3.63) is 65.2 Å². The summed E-state index contributed by atoms with van der Waals surface area (Å²) < 4.78 is 6.67. The predicted molar refractivity (Wildman–Crippen MR) is 93.1 cm³/mol. The number of fused-ring (bicyclic) bond motifs is 1. The third-order valence-electron chi connectivity index (χ3n) is 3.70. The van der Waals surface area contributed by atoms with Crippen molar-refractivity contribution in [1.82, 2.24) is 19.9 Å². The molecule has 0 aliphatic carbocycles. The summed E-state index contributed by atoms with van der Waals surface area (Å²) in [5.74, 6) is -0.282. The largest absolute Gasteiger partial charge is 0.336 e. The number of hydrogen-bond donors (Lipinski definition) is 1. The monoisotopic (exact) mass is 353 g/mol. The molecule has 0 atom stereocenters. The molecule has 0 spiro atoms. The van der Waals surface area contributed by atoms with Crippen molar-refractivity contribution in [2.24, 2.45) is 0 Å². The molecule has 124 valence electrons. The van der Waals surface area contributed by atoms with Crippen LogP contribution in [0.5, 0.6) is 0 Å². The first-order valence-corrected chi connectivity index (χ1v) is 7.82. The van der Waals surface area contributed by atoms with Crippen LogP contribution in [-0.4, -0.2) is 25.8 Å². The zero-order valence-electron chi connectivity index (χ0n) is 13.1. The minimum atomic E-state index is -0.282. The molecular weight excluding hydrogens is 342 g/mol. The van der Waals surface area contributed by atoms with E-state index in [1.165, 1.54) is 12.4 Å². The van der Waals surface area contributed by atoms with Gasteiger partial charge >= 0.3 is 0 Å². The van der Waals surface area contributed by atoms with Crippen molar-refractivity contribution in [2.45, 2.75) is 6.92 Å². The van der Waals surface area contributed by atoms with Crippen molar-refractivity contribution in [2.75, 3.05) is 5.32 Å². The van der Waals surface area contributed by atoms with E-state index in [4.69, 9.17) is 16.1 Å². The Balaban J connectivity index is 1.56. The standard InChI is InChI=1S/C17H12ClN5O2/c1-10-15-6-13(8-19-17(15)25-22-10)21-16(24)11-7-20-23(9-11)14-4-2-12(18)3-5-14/h2-9H,1H3,(H,21,24). The highest BCUT2D eigenvalue weighted by molar-refractivity contribution is 6.30. The van der Waals surface area contributed by atoms with Gasteiger partial charge in [-0.1, -0.05) is 16.8 Å². The van der Waals surface area contributed by atoms with E-state index >= 15 is 0 Å². The number of anilines is 1. The molecule has 7 nitrogen and oxygen atoms in total. The number of hydrogen-bond acceptors (Lipinski definition) is 5. The van der Waals surface area contributed by atoms with E-state index in [9.17, 15) is 4.79 Å². The first-order valence-electron chi connectivity index (χ1n) is 7.44. The zero-order valence-corrected chi connectivity index (χ0v) is 13.9. The van der Waals surface area contributed by atoms with Crippen molar-refractivity contribution >= 4 is 34.3 Å². The lowest BCUT2D eigenvalue weighted by atomic mass is 10.2. The quantitative estimate of drug-likeness (QED) is 0.608. The summed E-state index contributed by atoms with van der Waals surface area (Å²) in [6, 6.07) is 8.95. The zero-order chi connectivity index (χ0) is 17.4. The Bertz CT molecular complexity index is 1070. The molecule has 1 N–H and O–H groups in total. The third kappa shape index (κ3) is 2.97. The van der Waals surface area contributed by atoms with Crippen LogP contribution in [0.2, 0.25) is 5.02 Å². The molecule has 0 aliphatic rings. The molecule has 0 fully saturated rings. The second kappa shape index (κ2) is 6.03. The lowest BCUT2D eigenvalue weighted by molar-refractivity contribution is 0.102. The molecular formula is C17H12ClN5O2. The molecule has 0 bridgehead atoms. The number of nitrogens with one attached hydrogen (secondary N) is 1. The molecule has 0 unspecified atom stereocenters. The van der Waals surface area contributed by atoms with E-state index in [1.807, 2.05) is 19.1 Å². The van der Waals surface area contributed by atoms with Crippen molar-refractivity contribution in [1.29, 1.82) is 0 Å². The van der Waals surface area contributed by atoms with Gasteiger partial charge in [0.2, 0.25) is 0 Å². The highest BCUT2D eigenvalue weighted by Gasteiger charge is 2.12. The summed E-state index contributed by atoms with van der Waals surface area (Å²) >= 11 is 5.88. The summed E-state index contributed by atoms with van der Waals surface area (Å²) in [7, 11) is 0. The number of carbonyl (C=O) groups is 1. The normalized spacial score (nSPS) is 11.0. The smallest absolute Gasteiger partial charge is 0.258 e. The van der Waals surface area contributed by atoms with Crippen LogP contribution in [0.25, 0.3) is 16.8 Å². The number of halogens is 1. The number of amides is 1. The van der Waals surface area contributed by atoms with Gasteiger partial charge in [-0.2, -0.15) is 5.10 Å². The highest BCUT2D eigenvalue weighted by atomic mass is 35.5. The Morgan fingerprint density at radius 1 is 1.24 bits per heavy atom. The molecule has 25 heavy (non-hydrogen) atoms. The number of rotatable bonds is 3. The second-order valence-corrected chi connectivity index (χ2v) is 5.89. The van der Waals surface area contributed by atoms with Gasteiger partial charge in [0.05, 0.1) is 40.4 Å². The minimum absolute atomic E-state index is 0.282. The van der Waals surface area contributed by atoms with Gasteiger partial charge < -0.3 is 9.84 Å². The van der Waals surface area contributed by atoms with Crippen LogP contribution in [0, 0.1) is 6.92 Å². The predicted octanol–water partition coefficient (Wildman–Crippen LogP) is 3.62. The lowest BCUT2D eigenvalue weighted by Crippen LogP contribution is -2.11. The molecule has 0 radical (unpaired) electrons. The number of aryl methyl sites for hydroxylation is 1. The van der Waals surface area contributed by atoms with Crippen molar-refractivity contribution in [3.8, 4) is 5.69 Å². The van der Waals surface area contributed by atoms with Gasteiger partial charge in [0.1, 0.15) is 0 Å². The minimum Gasteiger partial charge on any atom is -0.336 e. The summed E-state index contributed by atoms with van der Waals surface area (Å²) in [6.45, 7) is 1.81. The van der Waals surface area contributed by atoms with E-state index in [0.717, 1.165) is 11.1 Å². The molecule has 8 heteroatoms. The second-order valence-electron chi connectivity index (χ2n) is 5.45. The summed E-state index contributed by atoms with van der Waals surface area (Å²) in [4.78, 5) is 16.6. The summed E-state index contributed by atoms with van der Waals surface area (Å²) in [5.41, 5.74) is 2.95. The van der Waals surface area contributed by atoms with Crippen LogP contribution >= 0.6 is 11.6 Å². The van der Waals surface area contributed by atoms with Gasteiger partial charge in [-0.25, -0.2) is 9.67 Å². The van der Waals surface area contributed by atoms with E-state index in [-0.39, 0.29) is 5.91 Å². The van der Waals surface area contributed by atoms with Crippen LogP contribution in [0.4, 0.5) is 5.69 Å². The van der Waals surface area contributed by atoms with Gasteiger partial charge in [0, 0.05) is 11.2 Å². The summed E-state index contributed by atoms with van der Waals surface area (Å²) in [6.07, 6.45) is 4.67. The third-order valence-corrected chi connectivity index (χ3v) is 3.96. The molecule has 3 heterocycles. The first-order chi connectivity index (χ1) is 12.1. The molecule has 0 aliphatic heterocycles. The Morgan fingerprint density at radius 2 is 2.04 bits per heavy atom. The van der Waals surface area contributed by atoms with Crippen molar-refractivity contribution < 1.29 is 9.32 Å². The molecule has 4 aromatic rings. The van der Waals surface area contributed by atoms with E-state index in [0.29, 0.717) is 27.7 Å².